The van der Waals surface area contributed by atoms with Crippen molar-refractivity contribution in [2.45, 2.75) is 96.7 Å². The van der Waals surface area contributed by atoms with Gasteiger partial charge in [0, 0.05) is 91.0 Å². The molecule has 6 aromatic rings. The number of hydrogen-bond donors (Lipinski definition) is 8. The van der Waals surface area contributed by atoms with E-state index >= 15 is 0 Å². The molecule has 1 amide bonds. The van der Waals surface area contributed by atoms with Gasteiger partial charge in [-0.15, -0.1) is 0 Å². The molecule has 0 saturated carbocycles. The zero-order valence-corrected chi connectivity index (χ0v) is 51.8. The molecule has 0 spiro atoms. The molecule has 8 N–H and O–H groups in total. The van der Waals surface area contributed by atoms with Crippen LogP contribution < -0.4 is 26.5 Å². The van der Waals surface area contributed by atoms with E-state index in [0.717, 1.165) is 73.0 Å². The highest BCUT2D eigenvalue weighted by Gasteiger charge is 2.44. The number of fused-ring (bicyclic) bond motifs is 2. The topological polar surface area (TPSA) is 240 Å². The van der Waals surface area contributed by atoms with E-state index in [4.69, 9.17) is 0 Å². The molecule has 1 unspecified atom stereocenters. The van der Waals surface area contributed by atoms with Crippen LogP contribution in [0.4, 0.5) is 17.1 Å². The maximum Gasteiger partial charge on any atom is 0.488 e. The molecule has 2 aliphatic heterocycles. The lowest BCUT2D eigenvalue weighted by atomic mass is 9.75. The standard InChI is InChI=1S/C67H79B2N5O11S2/c1-48(2)65(75)70-38-15-39-72(47-54-19-8-12-23-60(54)69(78)79)46-50-28-34-55(35-29-50)71-56(45-53-18-7-11-22-59(53)68(76)77)44-49-26-30-51(31-27-49)52(32-36-63-66(3,4)57-20-9-13-24-61(57)73(63)40-16-42-86(80,81)82)33-37-64-67(5,6)58-21-10-14-25-62(58)74(64)41-17-43-87(83,84)85/h7-14,18-37,56,71,76-79H,1,15-17,38-47H2,2-6H3,(H2-,70,75,80,81,82,83,84,85)/p+1. The van der Waals surface area contributed by atoms with Crippen molar-refractivity contribution in [1.82, 2.24) is 10.2 Å². The van der Waals surface area contributed by atoms with Crippen molar-refractivity contribution in [3.63, 3.8) is 0 Å². The highest BCUT2D eigenvalue weighted by atomic mass is 32.2. The van der Waals surface area contributed by atoms with E-state index < -0.39 is 45.3 Å². The highest BCUT2D eigenvalue weighted by Crippen LogP contribution is 2.48. The molecule has 6 aromatic carbocycles. The smallest absolute Gasteiger partial charge is 0.423 e. The molecule has 8 rings (SSSR count). The summed E-state index contributed by atoms with van der Waals surface area (Å²) >= 11 is 0. The van der Waals surface area contributed by atoms with Gasteiger partial charge in [0.25, 0.3) is 20.2 Å². The van der Waals surface area contributed by atoms with Crippen LogP contribution in [0, 0.1) is 0 Å². The van der Waals surface area contributed by atoms with Gasteiger partial charge in [-0.1, -0.05) is 148 Å². The average Bonchev–Trinajstić information content (AvgIpc) is 1.70. The molecule has 0 bridgehead atoms. The Balaban J connectivity index is 1.12. The lowest BCUT2D eigenvalue weighted by Crippen LogP contribution is -2.36. The van der Waals surface area contributed by atoms with Gasteiger partial charge in [-0.25, -0.2) is 0 Å². The Bertz CT molecular complexity index is 3790. The molecule has 0 radical (unpaired) electrons. The number of anilines is 2. The summed E-state index contributed by atoms with van der Waals surface area (Å²) in [7, 11) is -11.7. The minimum Gasteiger partial charge on any atom is -0.423 e. The first-order valence-corrected chi connectivity index (χ1v) is 32.6. The summed E-state index contributed by atoms with van der Waals surface area (Å²) in [5.74, 6) is -0.976. The molecule has 87 heavy (non-hydrogen) atoms. The number of allylic oxidation sites excluding steroid dienone is 6. The van der Waals surface area contributed by atoms with Crippen LogP contribution in [0.3, 0.4) is 0 Å². The molecule has 20 heteroatoms. The molecular weight excluding hydrogens is 1140 g/mol. The first-order chi connectivity index (χ1) is 41.3. The van der Waals surface area contributed by atoms with Crippen molar-refractivity contribution >= 4 is 79.7 Å². The number of para-hydroxylation sites is 2. The molecule has 1 atom stereocenters. The minimum atomic E-state index is -4.20. The molecule has 16 nitrogen and oxygen atoms in total. The number of carbonyl (C=O) groups excluding carboxylic acids is 1. The largest absolute Gasteiger partial charge is 0.488 e. The summed E-state index contributed by atoms with van der Waals surface area (Å²) in [4.78, 5) is 16.6. The summed E-state index contributed by atoms with van der Waals surface area (Å²) in [5, 5.41) is 47.9. The van der Waals surface area contributed by atoms with Gasteiger partial charge < -0.3 is 35.6 Å². The zero-order chi connectivity index (χ0) is 62.7. The van der Waals surface area contributed by atoms with Crippen LogP contribution in [0.1, 0.15) is 92.8 Å². The molecule has 0 aliphatic carbocycles. The van der Waals surface area contributed by atoms with E-state index in [1.165, 1.54) is 0 Å². The Hall–Kier alpha value is -7.23. The molecule has 0 fully saturated rings. The van der Waals surface area contributed by atoms with Crippen LogP contribution in [0.15, 0.2) is 188 Å². The number of nitrogens with one attached hydrogen (secondary N) is 2. The summed E-state index contributed by atoms with van der Waals surface area (Å²) in [5.41, 5.74) is 12.4. The molecular formula is C67H80B2N5O11S2+. The Labute approximate surface area is 513 Å². The van der Waals surface area contributed by atoms with E-state index in [0.29, 0.717) is 75.0 Å². The fourth-order valence-electron chi connectivity index (χ4n) is 11.9. The predicted octanol–water partition coefficient (Wildman–Crippen LogP) is 7.65. The van der Waals surface area contributed by atoms with E-state index in [1.807, 2.05) is 84.9 Å². The van der Waals surface area contributed by atoms with E-state index in [9.17, 15) is 50.8 Å². The van der Waals surface area contributed by atoms with E-state index in [-0.39, 0.29) is 36.3 Å². The summed E-state index contributed by atoms with van der Waals surface area (Å²) in [6, 6.07) is 46.8. The number of nitrogens with zero attached hydrogens (tertiary/aromatic N) is 3. The van der Waals surface area contributed by atoms with Crippen LogP contribution in [0.25, 0.3) is 5.57 Å². The quantitative estimate of drug-likeness (QED) is 0.00562. The Kier molecular flexibility index (Phi) is 21.7. The van der Waals surface area contributed by atoms with Crippen LogP contribution in [0.5, 0.6) is 0 Å². The maximum absolute atomic E-state index is 12.2. The number of benzene rings is 6. The third kappa shape index (κ3) is 17.3. The van der Waals surface area contributed by atoms with Gasteiger partial charge in [-0.3, -0.25) is 18.8 Å². The Morgan fingerprint density at radius 3 is 1.93 bits per heavy atom. The zero-order valence-electron chi connectivity index (χ0n) is 50.2. The van der Waals surface area contributed by atoms with Gasteiger partial charge in [-0.05, 0) is 127 Å². The molecule has 0 aromatic heterocycles. The van der Waals surface area contributed by atoms with Crippen LogP contribution in [0.2, 0.25) is 0 Å². The molecule has 2 heterocycles. The van der Waals surface area contributed by atoms with Gasteiger partial charge in [0.05, 0.1) is 16.9 Å². The first-order valence-electron chi connectivity index (χ1n) is 29.4. The van der Waals surface area contributed by atoms with Gasteiger partial charge in [-0.2, -0.15) is 21.4 Å². The first kappa shape index (κ1) is 65.7. The number of hydrogen-bond acceptors (Lipinski definition) is 12. The number of carbonyl (C=O) groups is 1. The van der Waals surface area contributed by atoms with Gasteiger partial charge in [0.2, 0.25) is 11.6 Å². The number of rotatable bonds is 29. The van der Waals surface area contributed by atoms with Crippen molar-refractivity contribution in [1.29, 1.82) is 0 Å². The van der Waals surface area contributed by atoms with E-state index in [1.54, 1.807) is 31.2 Å². The molecule has 0 saturated heterocycles. The SMILES string of the molecule is C=C(C)C(=O)NCCCN(Cc1ccc(NC(Cc2ccc(C(C=CC3=[N+](CCCS(=O)(=O)O)c4ccccc4C3(C)C)=CC=C3N(CCCS(=O)(=O)O)c4ccccc4C3(C)C)cc2)Cc2ccccc2B(O)O)cc1)Cc1ccccc1B(O)O. The highest BCUT2D eigenvalue weighted by molar-refractivity contribution is 7.86. The number of amides is 1. The fraction of sp³-hybridized carbons (Fsp3) is 0.313. The lowest BCUT2D eigenvalue weighted by Gasteiger charge is -2.27. The van der Waals surface area contributed by atoms with Gasteiger partial charge >= 0.3 is 14.2 Å². The predicted molar refractivity (Wildman–Crippen MR) is 350 cm³/mol. The Morgan fingerprint density at radius 2 is 1.28 bits per heavy atom. The second-order valence-electron chi connectivity index (χ2n) is 23.6. The van der Waals surface area contributed by atoms with Crippen molar-refractivity contribution < 1.29 is 55.4 Å². The van der Waals surface area contributed by atoms with Crippen LogP contribution >= 0.6 is 0 Å². The van der Waals surface area contributed by atoms with Gasteiger partial charge in [0.15, 0.2) is 5.71 Å². The average molecular weight is 1220 g/mol. The van der Waals surface area contributed by atoms with Gasteiger partial charge in [0.1, 0.15) is 6.54 Å². The fourth-order valence-corrected chi connectivity index (χ4v) is 12.9. The third-order valence-electron chi connectivity index (χ3n) is 16.4. The monoisotopic (exact) mass is 1220 g/mol. The van der Waals surface area contributed by atoms with E-state index in [2.05, 4.69) is 120 Å². The van der Waals surface area contributed by atoms with Crippen molar-refractivity contribution in [3.8, 4) is 0 Å². The van der Waals surface area contributed by atoms with Crippen molar-refractivity contribution in [3.05, 3.63) is 227 Å². The van der Waals surface area contributed by atoms with Crippen molar-refractivity contribution in [2.75, 3.05) is 47.9 Å². The summed E-state index contributed by atoms with van der Waals surface area (Å²) in [6.45, 7) is 16.6. The minimum absolute atomic E-state index is 0.197. The normalized spacial score (nSPS) is 15.5. The lowest BCUT2D eigenvalue weighted by molar-refractivity contribution is -0.437. The van der Waals surface area contributed by atoms with Crippen LogP contribution in [-0.4, -0.2) is 125 Å². The third-order valence-corrected chi connectivity index (χ3v) is 18.0. The summed E-state index contributed by atoms with van der Waals surface area (Å²) < 4.78 is 69.2. The Morgan fingerprint density at radius 1 is 0.690 bits per heavy atom. The maximum atomic E-state index is 12.2. The second kappa shape index (κ2) is 28.7. The molecule has 2 aliphatic rings. The second-order valence-corrected chi connectivity index (χ2v) is 26.8. The van der Waals surface area contributed by atoms with Crippen molar-refractivity contribution in [2.24, 2.45) is 0 Å². The summed E-state index contributed by atoms with van der Waals surface area (Å²) in [6.07, 6.45) is 10.3. The van der Waals surface area contributed by atoms with Crippen LogP contribution in [-0.2, 0) is 61.8 Å². The molecule has 456 valence electrons.